The van der Waals surface area contributed by atoms with E-state index in [1.165, 1.54) is 65.3 Å². The van der Waals surface area contributed by atoms with Gasteiger partial charge in [-0.05, 0) is 74.1 Å². The minimum atomic E-state index is -0.858. The van der Waals surface area contributed by atoms with Crippen molar-refractivity contribution in [3.8, 4) is 0 Å². The van der Waals surface area contributed by atoms with Crippen molar-refractivity contribution < 1.29 is 9.90 Å². The van der Waals surface area contributed by atoms with Gasteiger partial charge in [0.15, 0.2) is 0 Å². The number of benzene rings is 2. The van der Waals surface area contributed by atoms with Crippen LogP contribution >= 0.6 is 0 Å². The first kappa shape index (κ1) is 20.3. The number of H-pyrrole nitrogens is 1. The Hall–Kier alpha value is -2.59. The van der Waals surface area contributed by atoms with Gasteiger partial charge in [0.25, 0.3) is 0 Å². The number of aryl methyl sites for hydroxylation is 2. The molecule has 2 heterocycles. The first-order valence-corrected chi connectivity index (χ1v) is 11.6. The number of likely N-dealkylation sites (tertiary alicyclic amines) is 1. The van der Waals surface area contributed by atoms with Gasteiger partial charge in [-0.2, -0.15) is 0 Å². The molecular weight excluding hydrogens is 384 g/mol. The number of rotatable bonds is 4. The third-order valence-corrected chi connectivity index (χ3v) is 7.94. The van der Waals surface area contributed by atoms with Crippen LogP contribution in [-0.4, -0.2) is 27.5 Å². The molecule has 162 valence electrons. The van der Waals surface area contributed by atoms with Gasteiger partial charge in [-0.15, -0.1) is 0 Å². The number of aromatic carboxylic acids is 1. The number of hydrogen-bond acceptors (Lipinski definition) is 2. The van der Waals surface area contributed by atoms with E-state index in [4.69, 9.17) is 0 Å². The molecule has 0 amide bonds. The van der Waals surface area contributed by atoms with E-state index in [0.29, 0.717) is 23.1 Å². The molecule has 2 atom stereocenters. The fourth-order valence-corrected chi connectivity index (χ4v) is 6.51. The molecule has 2 N–H and O–H groups in total. The summed E-state index contributed by atoms with van der Waals surface area (Å²) in [7, 11) is 0. The number of aromatic nitrogens is 1. The standard InChI is InChI=1S/C27H32N2O2/c1-17-15-18(2)24-22(11-14-28-24)23(17)19(3)29-16-27(12-5-4-6-13-27)25(29)20-7-9-21(10-8-20)26(30)31/h7-11,14-15,19,25,28H,4-6,12-13,16H2,1-3H3,(H,30,31). The second kappa shape index (κ2) is 7.52. The van der Waals surface area contributed by atoms with Crippen molar-refractivity contribution in [2.75, 3.05) is 6.54 Å². The van der Waals surface area contributed by atoms with Crippen molar-refractivity contribution in [2.45, 2.75) is 65.0 Å². The summed E-state index contributed by atoms with van der Waals surface area (Å²) in [6, 6.07) is 12.8. The van der Waals surface area contributed by atoms with Gasteiger partial charge in [-0.25, -0.2) is 4.79 Å². The lowest BCUT2D eigenvalue weighted by molar-refractivity contribution is -0.122. The lowest BCUT2D eigenvalue weighted by Gasteiger charge is -2.62. The Labute approximate surface area is 184 Å². The number of carboxylic acids is 1. The van der Waals surface area contributed by atoms with Crippen LogP contribution in [0.2, 0.25) is 0 Å². The number of nitrogens with one attached hydrogen (secondary N) is 1. The van der Waals surface area contributed by atoms with Crippen molar-refractivity contribution in [1.29, 1.82) is 0 Å². The first-order chi connectivity index (χ1) is 14.9. The van der Waals surface area contributed by atoms with Crippen LogP contribution in [0.25, 0.3) is 10.9 Å². The number of hydrogen-bond donors (Lipinski definition) is 2. The molecule has 1 aliphatic carbocycles. The molecule has 2 fully saturated rings. The van der Waals surface area contributed by atoms with Gasteiger partial charge >= 0.3 is 5.97 Å². The van der Waals surface area contributed by atoms with Gasteiger partial charge in [0.2, 0.25) is 0 Å². The Morgan fingerprint density at radius 2 is 1.81 bits per heavy atom. The van der Waals surface area contributed by atoms with E-state index in [9.17, 15) is 9.90 Å². The molecule has 1 spiro atoms. The van der Waals surface area contributed by atoms with E-state index in [1.54, 1.807) is 12.1 Å². The largest absolute Gasteiger partial charge is 0.478 e. The lowest BCUT2D eigenvalue weighted by Crippen LogP contribution is -2.59. The van der Waals surface area contributed by atoms with Crippen LogP contribution in [0.3, 0.4) is 0 Å². The van der Waals surface area contributed by atoms with Crippen LogP contribution in [0.5, 0.6) is 0 Å². The summed E-state index contributed by atoms with van der Waals surface area (Å²) >= 11 is 0. The third kappa shape index (κ3) is 3.20. The Balaban J connectivity index is 1.55. The minimum Gasteiger partial charge on any atom is -0.478 e. The molecule has 2 unspecified atom stereocenters. The maximum absolute atomic E-state index is 11.4. The molecule has 0 radical (unpaired) electrons. The number of carboxylic acid groups (broad SMARTS) is 1. The van der Waals surface area contributed by atoms with Crippen molar-refractivity contribution in [3.05, 3.63) is 70.4 Å². The summed E-state index contributed by atoms with van der Waals surface area (Å²) in [5.41, 5.74) is 7.25. The van der Waals surface area contributed by atoms with Crippen LogP contribution in [0.1, 0.15) is 83.7 Å². The number of fused-ring (bicyclic) bond motifs is 1. The maximum atomic E-state index is 11.4. The highest BCUT2D eigenvalue weighted by molar-refractivity contribution is 5.88. The van der Waals surface area contributed by atoms with Crippen LogP contribution in [0.4, 0.5) is 0 Å². The first-order valence-electron chi connectivity index (χ1n) is 11.6. The highest BCUT2D eigenvalue weighted by Crippen LogP contribution is 2.59. The van der Waals surface area contributed by atoms with Gasteiger partial charge in [0, 0.05) is 41.1 Å². The molecule has 2 aliphatic rings. The predicted octanol–water partition coefficient (Wildman–Crippen LogP) is 6.55. The molecule has 1 aliphatic heterocycles. The maximum Gasteiger partial charge on any atom is 0.335 e. The normalized spacial score (nSPS) is 21.8. The Bertz CT molecular complexity index is 1120. The third-order valence-electron chi connectivity index (χ3n) is 7.94. The molecule has 31 heavy (non-hydrogen) atoms. The van der Waals surface area contributed by atoms with Crippen LogP contribution in [-0.2, 0) is 0 Å². The zero-order valence-corrected chi connectivity index (χ0v) is 18.7. The average molecular weight is 417 g/mol. The summed E-state index contributed by atoms with van der Waals surface area (Å²) in [5.74, 6) is -0.858. The van der Waals surface area contributed by atoms with Gasteiger partial charge in [0.05, 0.1) is 5.56 Å². The number of aromatic amines is 1. The lowest BCUT2D eigenvalue weighted by atomic mass is 9.60. The zero-order valence-electron chi connectivity index (χ0n) is 18.7. The molecule has 1 saturated carbocycles. The summed E-state index contributed by atoms with van der Waals surface area (Å²) in [5, 5.41) is 10.7. The minimum absolute atomic E-state index is 0.301. The second-order valence-corrected chi connectivity index (χ2v) is 9.79. The molecule has 5 rings (SSSR count). The monoisotopic (exact) mass is 416 g/mol. The highest BCUT2D eigenvalue weighted by Gasteiger charge is 2.54. The fraction of sp³-hybridized carbons (Fsp3) is 0.444. The average Bonchev–Trinajstić information content (AvgIpc) is 3.23. The van der Waals surface area contributed by atoms with Gasteiger partial charge < -0.3 is 10.1 Å². The van der Waals surface area contributed by atoms with E-state index in [0.717, 1.165) is 6.54 Å². The summed E-state index contributed by atoms with van der Waals surface area (Å²) in [4.78, 5) is 17.5. The van der Waals surface area contributed by atoms with Crippen molar-refractivity contribution in [3.63, 3.8) is 0 Å². The number of nitrogens with zero attached hydrogens (tertiary/aromatic N) is 1. The SMILES string of the molecule is Cc1cc(C)c2[nH]ccc2c1C(C)N1CC2(CCCCC2)C1c1ccc(C(=O)O)cc1. The Kier molecular flexibility index (Phi) is 4.93. The smallest absolute Gasteiger partial charge is 0.335 e. The summed E-state index contributed by atoms with van der Waals surface area (Å²) in [6.07, 6.45) is 8.54. The van der Waals surface area contributed by atoms with Crippen LogP contribution in [0.15, 0.2) is 42.6 Å². The molecule has 4 nitrogen and oxygen atoms in total. The van der Waals surface area contributed by atoms with E-state index >= 15 is 0 Å². The molecule has 1 saturated heterocycles. The summed E-state index contributed by atoms with van der Waals surface area (Å²) in [6.45, 7) is 7.88. The molecule has 0 bridgehead atoms. The van der Waals surface area contributed by atoms with E-state index in [1.807, 2.05) is 6.20 Å². The quantitative estimate of drug-likeness (QED) is 0.507. The number of carbonyl (C=O) groups is 1. The van der Waals surface area contributed by atoms with Gasteiger partial charge in [-0.3, -0.25) is 4.90 Å². The van der Waals surface area contributed by atoms with E-state index in [-0.39, 0.29) is 0 Å². The fourth-order valence-electron chi connectivity index (χ4n) is 6.51. The molecule has 1 aromatic heterocycles. The predicted molar refractivity (Wildman–Crippen MR) is 125 cm³/mol. The van der Waals surface area contributed by atoms with Crippen LogP contribution < -0.4 is 0 Å². The molecule has 3 aromatic rings. The second-order valence-electron chi connectivity index (χ2n) is 9.79. The summed E-state index contributed by atoms with van der Waals surface area (Å²) < 4.78 is 0. The highest BCUT2D eigenvalue weighted by atomic mass is 16.4. The van der Waals surface area contributed by atoms with Crippen molar-refractivity contribution >= 4 is 16.9 Å². The Morgan fingerprint density at radius 3 is 2.48 bits per heavy atom. The zero-order chi connectivity index (χ0) is 21.8. The Morgan fingerprint density at radius 1 is 1.10 bits per heavy atom. The molecular formula is C27H32N2O2. The molecule has 2 aromatic carbocycles. The van der Waals surface area contributed by atoms with E-state index in [2.05, 4.69) is 54.9 Å². The van der Waals surface area contributed by atoms with Gasteiger partial charge in [0.1, 0.15) is 0 Å². The molecule has 4 heteroatoms. The van der Waals surface area contributed by atoms with Crippen molar-refractivity contribution in [2.24, 2.45) is 5.41 Å². The van der Waals surface area contributed by atoms with E-state index < -0.39 is 5.97 Å². The van der Waals surface area contributed by atoms with Gasteiger partial charge in [-0.1, -0.05) is 37.5 Å². The van der Waals surface area contributed by atoms with Crippen molar-refractivity contribution in [1.82, 2.24) is 9.88 Å². The topological polar surface area (TPSA) is 56.3 Å². The van der Waals surface area contributed by atoms with Crippen LogP contribution in [0, 0.1) is 19.3 Å².